The van der Waals surface area contributed by atoms with Gasteiger partial charge in [0, 0.05) is 38.4 Å². The quantitative estimate of drug-likeness (QED) is 0.0521. The van der Waals surface area contributed by atoms with Crippen molar-refractivity contribution in [2.24, 2.45) is 40.9 Å². The van der Waals surface area contributed by atoms with Crippen molar-refractivity contribution in [1.29, 1.82) is 0 Å². The van der Waals surface area contributed by atoms with Gasteiger partial charge in [0.05, 0.1) is 6.04 Å². The van der Waals surface area contributed by atoms with E-state index in [1.807, 2.05) is 33.8 Å². The molecular weight excluding hydrogens is 1250 g/mol. The third-order valence-corrected chi connectivity index (χ3v) is 18.7. The normalized spacial score (nSPS) is 25.2. The van der Waals surface area contributed by atoms with Gasteiger partial charge in [-0.3, -0.25) is 52.7 Å². The van der Waals surface area contributed by atoms with Gasteiger partial charge in [-0.15, -0.1) is 0 Å². The second-order valence-corrected chi connectivity index (χ2v) is 28.6. The van der Waals surface area contributed by atoms with Gasteiger partial charge < -0.3 is 74.9 Å². The number of hydrogen-bond donors (Lipinski definition) is 12. The molecule has 3 aliphatic rings. The lowest BCUT2D eigenvalue weighted by Crippen LogP contribution is -2.62. The van der Waals surface area contributed by atoms with Gasteiger partial charge in [-0.25, -0.2) is 0 Å². The van der Waals surface area contributed by atoms with E-state index in [0.29, 0.717) is 56.2 Å². The first-order valence-corrected chi connectivity index (χ1v) is 36.3. The van der Waals surface area contributed by atoms with E-state index in [1.165, 1.54) is 9.80 Å². The van der Waals surface area contributed by atoms with Crippen LogP contribution in [-0.2, 0) is 65.6 Å². The molecule has 0 bridgehead atoms. The molecule has 3 fully saturated rings. The largest absolute Gasteiger partial charge is 0.343 e. The number of nitrogens with two attached hydrogens (primary N) is 3. The van der Waals surface area contributed by atoms with Gasteiger partial charge in [-0.1, -0.05) is 155 Å². The molecule has 0 aliphatic carbocycles. The molecule has 12 atom stereocenters. The summed E-state index contributed by atoms with van der Waals surface area (Å²) in [6.07, 6.45) is 8.18. The van der Waals surface area contributed by atoms with Crippen LogP contribution in [0.1, 0.15) is 189 Å². The van der Waals surface area contributed by atoms with Crippen molar-refractivity contribution in [3.63, 3.8) is 0 Å². The monoisotopic (exact) mass is 1370 g/mol. The minimum atomic E-state index is -1.35. The number of carbonyl (C=O) groups excluding carboxylic acids is 11. The van der Waals surface area contributed by atoms with Crippen molar-refractivity contribution in [3.05, 3.63) is 71.8 Å². The van der Waals surface area contributed by atoms with Crippen molar-refractivity contribution < 1.29 is 52.7 Å². The maximum atomic E-state index is 15.8. The number of ketones is 1. The highest BCUT2D eigenvalue weighted by molar-refractivity contribution is 6.00. The van der Waals surface area contributed by atoms with Crippen molar-refractivity contribution in [2.45, 2.75) is 263 Å². The summed E-state index contributed by atoms with van der Waals surface area (Å²) >= 11 is 0. The number of fused-ring (bicyclic) bond motifs is 2. The van der Waals surface area contributed by atoms with Crippen LogP contribution in [0.5, 0.6) is 0 Å². The fraction of sp³-hybridized carbons (Fsp3) is 0.685. The summed E-state index contributed by atoms with van der Waals surface area (Å²) in [5.41, 5.74) is 19.3. The Balaban J connectivity index is 1.66. The Labute approximate surface area is 581 Å². The second-order valence-electron chi connectivity index (χ2n) is 28.6. The Morgan fingerprint density at radius 2 is 0.908 bits per heavy atom. The summed E-state index contributed by atoms with van der Waals surface area (Å²) in [5, 5.41) is 26.7. The summed E-state index contributed by atoms with van der Waals surface area (Å²) in [5.74, 6) is -8.41. The topological polar surface area (TPSA) is 381 Å². The van der Waals surface area contributed by atoms with Crippen LogP contribution in [-0.4, -0.2) is 180 Å². The zero-order chi connectivity index (χ0) is 72.0. The third kappa shape index (κ3) is 25.7. The molecule has 10 amide bonds. The molecular formula is C73H118N14O11. The van der Waals surface area contributed by atoms with Crippen LogP contribution in [0.4, 0.5) is 0 Å². The van der Waals surface area contributed by atoms with Crippen molar-refractivity contribution >= 4 is 64.9 Å². The number of amides is 10. The smallest absolute Gasteiger partial charge is 0.246 e. The molecule has 98 heavy (non-hydrogen) atoms. The predicted molar refractivity (Wildman–Crippen MR) is 378 cm³/mol. The minimum absolute atomic E-state index is 0.00119. The average Bonchev–Trinajstić information content (AvgIpc) is 1.63. The van der Waals surface area contributed by atoms with E-state index >= 15 is 19.2 Å². The lowest BCUT2D eigenvalue weighted by atomic mass is 9.98. The van der Waals surface area contributed by atoms with Gasteiger partial charge >= 0.3 is 0 Å². The molecule has 25 nitrogen and oxygen atoms in total. The van der Waals surface area contributed by atoms with E-state index < -0.39 is 143 Å². The molecule has 5 rings (SSSR count). The number of carbonyl (C=O) groups is 11. The Hall–Kier alpha value is -7.35. The van der Waals surface area contributed by atoms with Gasteiger partial charge in [-0.05, 0) is 131 Å². The molecule has 2 aromatic rings. The van der Waals surface area contributed by atoms with Crippen molar-refractivity contribution in [3.8, 4) is 0 Å². The summed E-state index contributed by atoms with van der Waals surface area (Å²) in [4.78, 5) is 167. The maximum Gasteiger partial charge on any atom is 0.246 e. The Morgan fingerprint density at radius 3 is 1.36 bits per heavy atom. The summed E-state index contributed by atoms with van der Waals surface area (Å²) in [7, 11) is 0. The lowest BCUT2D eigenvalue weighted by Gasteiger charge is -2.33. The molecule has 0 radical (unpaired) electrons. The van der Waals surface area contributed by atoms with Crippen LogP contribution in [0.2, 0.25) is 0 Å². The summed E-state index contributed by atoms with van der Waals surface area (Å²) in [6.45, 7) is 17.2. The Bertz CT molecular complexity index is 2900. The Kier molecular flexibility index (Phi) is 34.8. The number of nitrogens with zero attached hydrogens (tertiary/aromatic N) is 2. The van der Waals surface area contributed by atoms with E-state index in [9.17, 15) is 33.6 Å². The highest BCUT2D eigenvalue weighted by atomic mass is 16.2. The van der Waals surface area contributed by atoms with E-state index in [1.54, 1.807) is 82.3 Å². The molecule has 0 aromatic heterocycles. The van der Waals surface area contributed by atoms with Crippen LogP contribution >= 0.6 is 0 Å². The molecule has 2 aromatic carbocycles. The Morgan fingerprint density at radius 1 is 0.480 bits per heavy atom. The zero-order valence-corrected chi connectivity index (χ0v) is 59.8. The zero-order valence-electron chi connectivity index (χ0n) is 59.8. The number of rotatable bonds is 29. The molecule has 0 saturated carbocycles. The first-order valence-electron chi connectivity index (χ1n) is 36.3. The van der Waals surface area contributed by atoms with E-state index in [-0.39, 0.29) is 108 Å². The van der Waals surface area contributed by atoms with Gasteiger partial charge in [0.25, 0.3) is 0 Å². The molecule has 25 heteroatoms. The summed E-state index contributed by atoms with van der Waals surface area (Å²) in [6, 6.07) is 4.15. The molecule has 546 valence electrons. The second kappa shape index (κ2) is 41.9. The molecule has 0 unspecified atom stereocenters. The molecule has 3 heterocycles. The minimum Gasteiger partial charge on any atom is -0.343 e. The van der Waals surface area contributed by atoms with Crippen LogP contribution in [0, 0.1) is 23.7 Å². The number of unbranched alkanes of at least 4 members (excludes halogenated alkanes) is 5. The van der Waals surface area contributed by atoms with Gasteiger partial charge in [0.2, 0.25) is 59.1 Å². The van der Waals surface area contributed by atoms with E-state index in [0.717, 1.165) is 25.7 Å². The van der Waals surface area contributed by atoms with E-state index in [4.69, 9.17) is 17.2 Å². The van der Waals surface area contributed by atoms with Crippen LogP contribution in [0.15, 0.2) is 60.7 Å². The standard InChI is InChI=1S/C73H118N14O11/c1-10-11-12-13-20-34-61(88)52(30-21-22-35-74)77-51-43-60-69(94)85-63(48(8)9)71(96)79-54(32-24-37-76)65(90)80-55(39-45(2)3)66(91)82-57(41-49-26-16-14-17-27-49)72(97)86-38-25-33-59(86)68(93)84-62(47(6)7)70(95)78-53(31-23-36-75)64(89)81-56(40-46(4)5)67(92)83-58(73(98)87(60)44-51)42-50-28-18-15-19-29-50/h14-19,26-29,45-48,51-60,62-63,77H,10-13,20-25,30-44,74-76H2,1-9H3,(H,78,95)(H,79,96)(H,80,90)(H,81,89)(H,82,91)(H,83,92)(H,84,93)(H,85,94)/t51-,52-,53-,54-,55-,56-,57+,58+,59-,60-,62-,63-/m0/s1. The number of benzene rings is 2. The van der Waals surface area contributed by atoms with Crippen molar-refractivity contribution in [2.75, 3.05) is 32.7 Å². The fourth-order valence-electron chi connectivity index (χ4n) is 13.2. The number of Topliss-reactive ketones (excluding diaryl/α,β-unsaturated/α-hetero) is 1. The van der Waals surface area contributed by atoms with Gasteiger partial charge in [0.1, 0.15) is 66.2 Å². The van der Waals surface area contributed by atoms with Crippen LogP contribution in [0.3, 0.4) is 0 Å². The highest BCUT2D eigenvalue weighted by Gasteiger charge is 2.46. The fourth-order valence-corrected chi connectivity index (χ4v) is 13.2. The average molecular weight is 1370 g/mol. The summed E-state index contributed by atoms with van der Waals surface area (Å²) < 4.78 is 0. The van der Waals surface area contributed by atoms with Crippen LogP contribution in [0.25, 0.3) is 0 Å². The van der Waals surface area contributed by atoms with Crippen LogP contribution < -0.4 is 65.1 Å². The van der Waals surface area contributed by atoms with Gasteiger partial charge in [0.15, 0.2) is 0 Å². The first-order chi connectivity index (χ1) is 46.8. The third-order valence-electron chi connectivity index (χ3n) is 18.7. The molecule has 0 spiro atoms. The van der Waals surface area contributed by atoms with Gasteiger partial charge in [-0.2, -0.15) is 0 Å². The SMILES string of the molecule is CCCCCCCC(=O)[C@H](CCCCN)N[C@H]1C[C@H]2C(=O)N[C@@H](C(C)C)C(=O)N[C@@H](CCCN)C(=O)N[C@@H](CC(C)C)C(=O)N[C@H](Cc3ccccc3)C(=O)N3CCC[C@H]3C(=O)N[C@@H](C(C)C)C(=O)N[C@@H](CCCN)C(=O)N[C@@H](CC(C)C)C(=O)N[C@H](Cc3ccccc3)C(=O)N2C1. The number of hydrogen-bond acceptors (Lipinski definition) is 15. The lowest BCUT2D eigenvalue weighted by molar-refractivity contribution is -0.143. The number of nitrogens with one attached hydrogen (secondary N) is 9. The molecule has 3 aliphatic heterocycles. The van der Waals surface area contributed by atoms with Crippen molar-refractivity contribution in [1.82, 2.24) is 57.7 Å². The highest BCUT2D eigenvalue weighted by Crippen LogP contribution is 2.26. The predicted octanol–water partition coefficient (Wildman–Crippen LogP) is 3.22. The molecule has 15 N–H and O–H groups in total. The molecule has 3 saturated heterocycles. The maximum absolute atomic E-state index is 15.8. The first kappa shape index (κ1) is 81.3. The van der Waals surface area contributed by atoms with E-state index in [2.05, 4.69) is 54.8 Å².